The minimum absolute atomic E-state index is 0.0117. The van der Waals surface area contributed by atoms with Crippen LogP contribution in [0.2, 0.25) is 5.02 Å². The number of likely N-dealkylation sites (tertiary alicyclic amines) is 4. The molecule has 0 bridgehead atoms. The van der Waals surface area contributed by atoms with Gasteiger partial charge in [-0.25, -0.2) is 22.0 Å². The molecule has 0 unspecified atom stereocenters. The molecular formula is C86H89ClF13N9O11. The van der Waals surface area contributed by atoms with Gasteiger partial charge in [-0.1, -0.05) is 30.8 Å². The second-order valence-corrected chi connectivity index (χ2v) is 29.8. The Morgan fingerprint density at radius 2 is 0.767 bits per heavy atom. The molecule has 12 rings (SSSR count). The van der Waals surface area contributed by atoms with Gasteiger partial charge in [-0.05, 0) is 229 Å². The molecule has 1 aromatic heterocycles. The zero-order valence-electron chi connectivity index (χ0n) is 66.0. The summed E-state index contributed by atoms with van der Waals surface area (Å²) < 4.78 is 195. The molecule has 4 aliphatic heterocycles. The van der Waals surface area contributed by atoms with Crippen molar-refractivity contribution in [2.24, 2.45) is 7.05 Å². The van der Waals surface area contributed by atoms with Crippen LogP contribution in [-0.2, 0) is 40.3 Å². The van der Waals surface area contributed by atoms with Gasteiger partial charge in [0.25, 0.3) is 35.4 Å². The van der Waals surface area contributed by atoms with Crippen LogP contribution in [0.3, 0.4) is 0 Å². The van der Waals surface area contributed by atoms with Gasteiger partial charge in [0.2, 0.25) is 0 Å². The van der Waals surface area contributed by atoms with Crippen LogP contribution in [0, 0.1) is 56.8 Å². The van der Waals surface area contributed by atoms with Crippen LogP contribution in [0.4, 0.5) is 79.8 Å². The van der Waals surface area contributed by atoms with E-state index in [0.29, 0.717) is 65.4 Å². The molecule has 0 saturated carbocycles. The SMILES string of the molecule is C=C(N1CCC(O)CC1)C(F)(F)c1cc(F)cc(C(=O)Nc2ccc(F)c(C)c2)c1.C=C(N1CCC(O)CC1)C(F)(F)c1ccc(Cl)c(C(=O)Nc2ccc(F)c(C)c2)c1.COc1ccc(C(=O)Nc2ccc(F)c(C)c2)cc1C(F)(F)C(=O)N1CCC(O)CC1.Cc1cc(NC(=O)c2ccn(C)c2C(F)(F)C(=O)N2CCC(O)CC2)ccc1F. The molecule has 0 spiro atoms. The molecule has 4 fully saturated rings. The number of hydrogen-bond acceptors (Lipinski definition) is 13. The number of halogens is 14. The van der Waals surface area contributed by atoms with E-state index in [2.05, 4.69) is 34.4 Å². The van der Waals surface area contributed by atoms with Crippen molar-refractivity contribution < 1.29 is 111 Å². The number of nitrogens with zero attached hydrogens (tertiary/aromatic N) is 5. The highest BCUT2D eigenvalue weighted by atomic mass is 35.5. The topological polar surface area (TPSA) is 259 Å². The molecule has 0 radical (unpaired) electrons. The van der Waals surface area contributed by atoms with Crippen molar-refractivity contribution in [3.8, 4) is 5.75 Å². The predicted molar refractivity (Wildman–Crippen MR) is 424 cm³/mol. The number of aliphatic hydroxyl groups is 4. The lowest BCUT2D eigenvalue weighted by Crippen LogP contribution is -2.47. The summed E-state index contributed by atoms with van der Waals surface area (Å²) in [6.07, 6.45) is 1.37. The molecule has 8 N–H and O–H groups in total. The summed E-state index contributed by atoms with van der Waals surface area (Å²) in [7, 11) is 2.52. The Kier molecular flexibility index (Phi) is 30.3. The van der Waals surface area contributed by atoms with Gasteiger partial charge in [0.15, 0.2) is 0 Å². The maximum absolute atomic E-state index is 15.1. The third-order valence-electron chi connectivity index (χ3n) is 20.6. The molecule has 6 amide bonds. The van der Waals surface area contributed by atoms with Gasteiger partial charge in [-0.15, -0.1) is 0 Å². The number of allylic oxidation sites excluding steroid dienone is 2. The van der Waals surface area contributed by atoms with Gasteiger partial charge in [-0.2, -0.15) is 35.1 Å². The summed E-state index contributed by atoms with van der Waals surface area (Å²) >= 11 is 6.08. The zero-order valence-corrected chi connectivity index (χ0v) is 66.7. The molecule has 0 aliphatic carbocycles. The molecule has 20 nitrogen and oxygen atoms in total. The van der Waals surface area contributed by atoms with Crippen LogP contribution in [0.25, 0.3) is 0 Å². The number of carbonyl (C=O) groups is 6. The van der Waals surface area contributed by atoms with E-state index >= 15 is 35.1 Å². The number of nitrogens with one attached hydrogen (secondary N) is 4. The smallest absolute Gasteiger partial charge is 0.365 e. The normalized spacial score (nSPS) is 15.2. The predicted octanol–water partition coefficient (Wildman–Crippen LogP) is 16.0. The maximum Gasteiger partial charge on any atom is 0.365 e. The van der Waals surface area contributed by atoms with Crippen LogP contribution in [0.15, 0.2) is 164 Å². The number of anilines is 4. The summed E-state index contributed by atoms with van der Waals surface area (Å²) in [5, 5.41) is 48.2. The Balaban J connectivity index is 0.000000182. The van der Waals surface area contributed by atoms with Gasteiger partial charge in [0.1, 0.15) is 40.5 Å². The number of aromatic nitrogens is 1. The van der Waals surface area contributed by atoms with Gasteiger partial charge < -0.3 is 70.6 Å². The highest BCUT2D eigenvalue weighted by Gasteiger charge is 2.50. The first-order valence-electron chi connectivity index (χ1n) is 37.9. The largest absolute Gasteiger partial charge is 0.496 e. The monoisotopic (exact) mass is 1710 g/mol. The van der Waals surface area contributed by atoms with E-state index in [1.165, 1.54) is 142 Å². The summed E-state index contributed by atoms with van der Waals surface area (Å²) in [6.45, 7) is 14.2. The molecular weight excluding hydrogens is 1620 g/mol. The van der Waals surface area contributed by atoms with Crippen LogP contribution in [-0.4, -0.2) is 164 Å². The second kappa shape index (κ2) is 39.3. The van der Waals surface area contributed by atoms with Crippen LogP contribution >= 0.6 is 11.6 Å². The van der Waals surface area contributed by atoms with Crippen molar-refractivity contribution in [3.05, 3.63) is 265 Å². The molecule has 34 heteroatoms. The third kappa shape index (κ3) is 22.6. The molecule has 4 saturated heterocycles. The molecule has 642 valence electrons. The number of amides is 6. The third-order valence-corrected chi connectivity index (χ3v) is 21.0. The van der Waals surface area contributed by atoms with Crippen molar-refractivity contribution in [2.45, 2.75) is 127 Å². The van der Waals surface area contributed by atoms with Gasteiger partial charge in [0.05, 0.1) is 64.6 Å². The summed E-state index contributed by atoms with van der Waals surface area (Å²) in [4.78, 5) is 80.2. The molecule has 4 aliphatic rings. The Hall–Kier alpha value is -11.3. The Morgan fingerprint density at radius 3 is 1.16 bits per heavy atom. The number of hydrogen-bond donors (Lipinski definition) is 8. The fourth-order valence-electron chi connectivity index (χ4n) is 13.4. The van der Waals surface area contributed by atoms with Crippen molar-refractivity contribution in [3.63, 3.8) is 0 Å². The van der Waals surface area contributed by atoms with Crippen molar-refractivity contribution in [1.82, 2.24) is 24.2 Å². The van der Waals surface area contributed by atoms with E-state index in [9.17, 15) is 71.1 Å². The second-order valence-electron chi connectivity index (χ2n) is 29.4. The number of alkyl halides is 8. The molecule has 120 heavy (non-hydrogen) atoms. The summed E-state index contributed by atoms with van der Waals surface area (Å²) in [5.41, 5.74) is -1.96. The number of ether oxygens (including phenoxy) is 1. The zero-order chi connectivity index (χ0) is 88.2. The fraction of sp³-hybridized carbons (Fsp3) is 0.349. The summed E-state index contributed by atoms with van der Waals surface area (Å²) in [5.74, 6) is -23.7. The number of carbonyl (C=O) groups excluding carboxylic acids is 6. The summed E-state index contributed by atoms with van der Waals surface area (Å²) in [6, 6.07) is 26.2. The lowest BCUT2D eigenvalue weighted by atomic mass is 9.99. The maximum atomic E-state index is 15.1. The molecule has 7 aromatic carbocycles. The van der Waals surface area contributed by atoms with E-state index < -0.39 is 146 Å². The van der Waals surface area contributed by atoms with E-state index in [4.69, 9.17) is 16.3 Å². The van der Waals surface area contributed by atoms with Crippen LogP contribution in [0.5, 0.6) is 5.75 Å². The number of aliphatic hydroxyl groups excluding tert-OH is 4. The van der Waals surface area contributed by atoms with E-state index in [0.717, 1.165) is 50.8 Å². The van der Waals surface area contributed by atoms with Crippen LogP contribution < -0.4 is 26.0 Å². The van der Waals surface area contributed by atoms with Gasteiger partial charge >= 0.3 is 23.7 Å². The Morgan fingerprint density at radius 1 is 0.408 bits per heavy atom. The van der Waals surface area contributed by atoms with E-state index in [1.807, 2.05) is 0 Å². The van der Waals surface area contributed by atoms with Crippen molar-refractivity contribution in [1.29, 1.82) is 0 Å². The molecule has 5 heterocycles. The number of methoxy groups -OCH3 is 1. The average Bonchev–Trinajstić information content (AvgIpc) is 1.36. The first-order chi connectivity index (χ1) is 56.4. The highest BCUT2D eigenvalue weighted by molar-refractivity contribution is 6.34. The first-order valence-corrected chi connectivity index (χ1v) is 38.3. The number of aryl methyl sites for hydroxylation is 5. The van der Waals surface area contributed by atoms with E-state index in [-0.39, 0.29) is 122 Å². The van der Waals surface area contributed by atoms with E-state index in [1.54, 1.807) is 6.92 Å². The quantitative estimate of drug-likeness (QED) is 0.0351. The highest BCUT2D eigenvalue weighted by Crippen LogP contribution is 2.43. The minimum Gasteiger partial charge on any atom is -0.496 e. The van der Waals surface area contributed by atoms with Gasteiger partial charge in [-0.3, -0.25) is 28.8 Å². The number of piperidine rings is 4. The average molecular weight is 1710 g/mol. The lowest BCUT2D eigenvalue weighted by molar-refractivity contribution is -0.162. The van der Waals surface area contributed by atoms with Crippen LogP contribution in [0.1, 0.15) is 137 Å². The molecule has 8 aromatic rings. The lowest BCUT2D eigenvalue weighted by Gasteiger charge is -2.36. The fourth-order valence-corrected chi connectivity index (χ4v) is 13.6. The Bertz CT molecular complexity index is 5120. The number of rotatable bonds is 19. The standard InChI is InChI=1S/C22H22ClF3N2O2.C22H22F4N2O2.C22H23F3N2O4.C20H22F3N3O3/c1-13-11-16(4-6-20(13)24)27-21(30)18-12-15(3-5-19(18)23)22(25,26)14(2)28-9-7-17(29)8-10-28;1-13-9-18(3-4-20(13)24)27-21(30)15-10-16(12-17(23)11-15)22(25,26)14(2)28-7-5-19(29)6-8-28;1-13-11-15(4-5-18(13)23)26-20(29)14-3-6-19(31-2)17(12-14)22(24,25)21(30)27-9-7-16(28)8-10-27;1-12-11-13(3-4-16(12)21)24-18(28)15-7-8-25(2)17(15)20(22,23)19(29)26-9-5-14(27)6-10-26/h3-6,11-12,17,29H,2,7-10H2,1H3,(H,27,30);3-4,9-12,19,29H,2,5-8H2,1H3,(H,27,30);3-6,11-12,16,28H,7-10H2,1-2H3,(H,26,29);3-4,7-8,11,14,27H,5-6,9-10H2,1-2H3,(H,24,28). The van der Waals surface area contributed by atoms with Crippen molar-refractivity contribution in [2.75, 3.05) is 80.7 Å². The Labute approximate surface area is 687 Å². The van der Waals surface area contributed by atoms with Gasteiger partial charge in [0, 0.05) is 111 Å². The minimum atomic E-state index is -3.93. The number of benzene rings is 7. The first kappa shape index (κ1) is 92.6. The molecule has 0 atom stereocenters. The van der Waals surface area contributed by atoms with Crippen molar-refractivity contribution >= 4 is 69.8 Å².